The first kappa shape index (κ1) is 13.1. The fourth-order valence-corrected chi connectivity index (χ4v) is 6.32. The van der Waals surface area contributed by atoms with Gasteiger partial charge in [0.15, 0.2) is 6.78 Å². The van der Waals surface area contributed by atoms with Crippen LogP contribution in [0.15, 0.2) is 4.52 Å². The van der Waals surface area contributed by atoms with Crippen LogP contribution in [-0.2, 0) is 0 Å². The second-order valence-electron chi connectivity index (χ2n) is 1.63. The quantitative estimate of drug-likeness (QED) is 0.493. The van der Waals surface area contributed by atoms with Gasteiger partial charge in [-0.1, -0.05) is 27.0 Å². The normalized spacial score (nSPS) is 13.8. The van der Waals surface area contributed by atoms with Crippen molar-refractivity contribution >= 4 is 67.6 Å². The summed E-state index contributed by atoms with van der Waals surface area (Å²) in [6, 6.07) is 0. The maximum Gasteiger partial charge on any atom is 0.257 e. The highest BCUT2D eigenvalue weighted by atomic mass is 35.9. The zero-order chi connectivity index (χ0) is 9.02. The first-order valence-corrected chi connectivity index (χ1v) is 10.2. The molecular weight excluding hydrogens is 287 g/mol. The minimum Gasteiger partial charge on any atom is -0.109 e. The van der Waals surface area contributed by atoms with Crippen molar-refractivity contribution in [2.45, 2.75) is 0 Å². The SMILES string of the molecule is C[P+](C)=NP(Cl)N(Cl)P(Cl)Cl. The van der Waals surface area contributed by atoms with Crippen LogP contribution in [0.2, 0.25) is 0 Å². The Kier molecular flexibility index (Phi) is 7.75. The standard InChI is InChI=1S/C2H6Cl4N2P3/c1-9(2)7-11(6)8(3)10(4)5/h1-2H3/q+1. The van der Waals surface area contributed by atoms with Gasteiger partial charge in [0, 0.05) is 0 Å². The molecule has 1 unspecified atom stereocenters. The van der Waals surface area contributed by atoms with Gasteiger partial charge < -0.3 is 0 Å². The first-order valence-electron chi connectivity index (χ1n) is 2.37. The van der Waals surface area contributed by atoms with E-state index < -0.39 is 22.1 Å². The number of nitrogens with zero attached hydrogens (tertiary/aromatic N) is 2. The number of hydrogen-bond donors (Lipinski definition) is 0. The van der Waals surface area contributed by atoms with Crippen LogP contribution >= 0.6 is 67.6 Å². The fourth-order valence-electron chi connectivity index (χ4n) is 0.236. The third-order valence-corrected chi connectivity index (χ3v) is 8.60. The molecule has 0 aliphatic rings. The Morgan fingerprint density at radius 2 is 1.73 bits per heavy atom. The van der Waals surface area contributed by atoms with E-state index in [0.29, 0.717) is 0 Å². The molecular formula is C2H6Cl4N2P3+. The minimum absolute atomic E-state index is 0.408. The summed E-state index contributed by atoms with van der Waals surface area (Å²) in [5, 5.41) is 0. The molecule has 66 valence electrons. The summed E-state index contributed by atoms with van der Waals surface area (Å²) >= 11 is 22.4. The Morgan fingerprint density at radius 1 is 1.27 bits per heavy atom. The molecule has 0 N–H and O–H groups in total. The Labute approximate surface area is 89.1 Å². The number of hydrogen-bond acceptors (Lipinski definition) is 2. The lowest BCUT2D eigenvalue weighted by Crippen LogP contribution is -1.83. The summed E-state index contributed by atoms with van der Waals surface area (Å²) in [4.78, 5) is 0. The average molecular weight is 293 g/mol. The Balaban J connectivity index is 4.03. The third kappa shape index (κ3) is 6.19. The van der Waals surface area contributed by atoms with Gasteiger partial charge in [-0.2, -0.15) is 0 Å². The number of rotatable bonds is 3. The van der Waals surface area contributed by atoms with E-state index in [9.17, 15) is 0 Å². The molecule has 0 aromatic rings. The molecule has 1 atom stereocenters. The average Bonchev–Trinajstić information content (AvgIpc) is 1.84. The van der Waals surface area contributed by atoms with Crippen LogP contribution in [0.3, 0.4) is 0 Å². The summed E-state index contributed by atoms with van der Waals surface area (Å²) in [7, 11) is -1.64. The van der Waals surface area contributed by atoms with E-state index in [1.165, 1.54) is 3.96 Å². The molecule has 0 rings (SSSR count). The molecule has 0 aromatic heterocycles. The molecule has 2 nitrogen and oxygen atoms in total. The molecule has 0 saturated carbocycles. The van der Waals surface area contributed by atoms with Crippen LogP contribution in [0.1, 0.15) is 0 Å². The molecule has 0 radical (unpaired) electrons. The maximum absolute atomic E-state index is 5.78. The van der Waals surface area contributed by atoms with E-state index in [2.05, 4.69) is 4.52 Å². The molecule has 11 heavy (non-hydrogen) atoms. The third-order valence-electron chi connectivity index (χ3n) is 0.514. The molecule has 0 amide bonds. The summed E-state index contributed by atoms with van der Waals surface area (Å²) in [6.45, 7) is 2.57. The van der Waals surface area contributed by atoms with Gasteiger partial charge in [0.1, 0.15) is 13.3 Å². The monoisotopic (exact) mass is 291 g/mol. The highest BCUT2D eigenvalue weighted by molar-refractivity contribution is 8.08. The van der Waals surface area contributed by atoms with Crippen LogP contribution in [0.4, 0.5) is 0 Å². The van der Waals surface area contributed by atoms with Crippen LogP contribution in [-0.4, -0.2) is 17.3 Å². The van der Waals surface area contributed by atoms with Crippen molar-refractivity contribution in [1.82, 2.24) is 3.96 Å². The van der Waals surface area contributed by atoms with Crippen LogP contribution in [0.5, 0.6) is 0 Å². The van der Waals surface area contributed by atoms with Gasteiger partial charge in [-0.25, -0.2) is 0 Å². The molecule has 0 spiro atoms. The van der Waals surface area contributed by atoms with Gasteiger partial charge in [-0.3, -0.25) is 0 Å². The largest absolute Gasteiger partial charge is 0.257 e. The van der Waals surface area contributed by atoms with Crippen molar-refractivity contribution in [2.75, 3.05) is 13.3 Å². The van der Waals surface area contributed by atoms with E-state index in [-0.39, 0.29) is 0 Å². The summed E-state index contributed by atoms with van der Waals surface area (Å²) in [6.07, 6.45) is 0. The number of halogens is 4. The van der Waals surface area contributed by atoms with Gasteiger partial charge in [0.05, 0.1) is 0 Å². The Bertz CT molecular complexity index is 148. The summed E-state index contributed by atoms with van der Waals surface area (Å²) < 4.78 is 5.31. The van der Waals surface area contributed by atoms with Crippen molar-refractivity contribution in [3.8, 4) is 0 Å². The van der Waals surface area contributed by atoms with E-state index in [0.717, 1.165) is 0 Å². The Hall–Kier alpha value is 2.08. The smallest absolute Gasteiger partial charge is 0.109 e. The second-order valence-corrected chi connectivity index (χ2v) is 10.2. The van der Waals surface area contributed by atoms with E-state index in [1.807, 2.05) is 13.3 Å². The van der Waals surface area contributed by atoms with Gasteiger partial charge in [0.2, 0.25) is 7.71 Å². The molecule has 0 aromatic carbocycles. The molecule has 0 heterocycles. The predicted molar refractivity (Wildman–Crippen MR) is 60.3 cm³/mol. The molecule has 0 fully saturated rings. The van der Waals surface area contributed by atoms with E-state index in [1.54, 1.807) is 0 Å². The maximum atomic E-state index is 5.78. The minimum atomic E-state index is -1.37. The highest BCUT2D eigenvalue weighted by Gasteiger charge is 2.23. The van der Waals surface area contributed by atoms with Crippen molar-refractivity contribution in [1.29, 1.82) is 0 Å². The van der Waals surface area contributed by atoms with E-state index in [4.69, 9.17) is 45.5 Å². The molecule has 0 aliphatic heterocycles. The van der Waals surface area contributed by atoms with Crippen molar-refractivity contribution < 1.29 is 0 Å². The van der Waals surface area contributed by atoms with Crippen LogP contribution in [0, 0.1) is 0 Å². The Morgan fingerprint density at radius 3 is 2.00 bits per heavy atom. The zero-order valence-corrected chi connectivity index (χ0v) is 11.5. The van der Waals surface area contributed by atoms with Gasteiger partial charge in [-0.15, -0.1) is 3.96 Å². The predicted octanol–water partition coefficient (Wildman–Crippen LogP) is 5.54. The highest BCUT2D eigenvalue weighted by Crippen LogP contribution is 2.67. The van der Waals surface area contributed by atoms with Gasteiger partial charge >= 0.3 is 0 Å². The zero-order valence-electron chi connectivity index (χ0n) is 5.75. The molecule has 0 aliphatic carbocycles. The van der Waals surface area contributed by atoms with Crippen molar-refractivity contribution in [3.63, 3.8) is 0 Å². The summed E-state index contributed by atoms with van der Waals surface area (Å²) in [5.41, 5.74) is 0. The molecule has 9 heteroatoms. The van der Waals surface area contributed by atoms with Crippen LogP contribution in [0.25, 0.3) is 0 Å². The van der Waals surface area contributed by atoms with Crippen molar-refractivity contribution in [2.24, 2.45) is 4.52 Å². The van der Waals surface area contributed by atoms with E-state index >= 15 is 0 Å². The lowest BCUT2D eigenvalue weighted by Gasteiger charge is -2.11. The fraction of sp³-hybridized carbons (Fsp3) is 1.00. The topological polar surface area (TPSA) is 15.6 Å². The van der Waals surface area contributed by atoms with Crippen molar-refractivity contribution in [3.05, 3.63) is 0 Å². The summed E-state index contributed by atoms with van der Waals surface area (Å²) in [5.74, 6) is 0. The van der Waals surface area contributed by atoms with Crippen LogP contribution < -0.4 is 0 Å². The van der Waals surface area contributed by atoms with Gasteiger partial charge in [0.25, 0.3) is 7.58 Å². The lowest BCUT2D eigenvalue weighted by atomic mass is 11.9. The lowest BCUT2D eigenvalue weighted by molar-refractivity contribution is 1.22. The van der Waals surface area contributed by atoms with Gasteiger partial charge in [-0.05, 0) is 23.0 Å². The first-order chi connectivity index (χ1) is 4.95. The second kappa shape index (κ2) is 6.52. The molecule has 0 bridgehead atoms. The molecule has 0 saturated heterocycles.